The molecule has 2 aromatic rings. The van der Waals surface area contributed by atoms with E-state index in [0.717, 1.165) is 18.4 Å². The van der Waals surface area contributed by atoms with Crippen LogP contribution in [0.3, 0.4) is 0 Å². The molecule has 5 nitrogen and oxygen atoms in total. The molecule has 30 heavy (non-hydrogen) atoms. The molecule has 0 bridgehead atoms. The zero-order valence-corrected chi connectivity index (χ0v) is 18.7. The van der Waals surface area contributed by atoms with Gasteiger partial charge in [0.15, 0.2) is 5.78 Å². The highest BCUT2D eigenvalue weighted by atomic mass is 35.5. The molecule has 160 valence electrons. The van der Waals surface area contributed by atoms with Crippen molar-refractivity contribution in [3.05, 3.63) is 68.1 Å². The lowest BCUT2D eigenvalue weighted by molar-refractivity contribution is 0.0910. The summed E-state index contributed by atoms with van der Waals surface area (Å²) in [4.78, 5) is 41.0. The lowest BCUT2D eigenvalue weighted by Gasteiger charge is -2.29. The van der Waals surface area contributed by atoms with Gasteiger partial charge in [-0.1, -0.05) is 51.4 Å². The van der Waals surface area contributed by atoms with Crippen LogP contribution in [0, 0.1) is 11.3 Å². The Labute approximate surface area is 182 Å². The quantitative estimate of drug-likeness (QED) is 0.672. The third-order valence-electron chi connectivity index (χ3n) is 5.57. The number of benzene rings is 1. The van der Waals surface area contributed by atoms with Crippen LogP contribution in [0.2, 0.25) is 5.02 Å². The summed E-state index contributed by atoms with van der Waals surface area (Å²) >= 11 is 6.00. The number of carbonyl (C=O) groups is 2. The van der Waals surface area contributed by atoms with Gasteiger partial charge >= 0.3 is 0 Å². The molecule has 0 fully saturated rings. The van der Waals surface area contributed by atoms with Crippen LogP contribution >= 0.6 is 11.6 Å². The summed E-state index contributed by atoms with van der Waals surface area (Å²) in [5.74, 6) is -0.0363. The summed E-state index contributed by atoms with van der Waals surface area (Å²) in [7, 11) is 0. The smallest absolute Gasteiger partial charge is 0.261 e. The first-order valence-corrected chi connectivity index (χ1v) is 10.8. The fourth-order valence-corrected chi connectivity index (χ4v) is 4.08. The summed E-state index contributed by atoms with van der Waals surface area (Å²) in [6.45, 7) is 8.25. The lowest BCUT2D eigenvalue weighted by Crippen LogP contribution is -2.36. The van der Waals surface area contributed by atoms with E-state index in [1.807, 2.05) is 26.0 Å². The minimum Gasteiger partial charge on any atom is -0.345 e. The SMILES string of the molecule is CC(C)CCC(NC(=O)c1cc2c([nH]c1=O)CC(C)(C)CC2=O)c1ccc(Cl)cc1. The summed E-state index contributed by atoms with van der Waals surface area (Å²) in [5.41, 5.74) is 1.31. The molecule has 1 unspecified atom stereocenters. The number of hydrogen-bond acceptors (Lipinski definition) is 3. The van der Waals surface area contributed by atoms with E-state index in [-0.39, 0.29) is 22.8 Å². The fourth-order valence-electron chi connectivity index (χ4n) is 3.95. The topological polar surface area (TPSA) is 79.0 Å². The molecular formula is C24H29ClN2O3. The number of hydrogen-bond donors (Lipinski definition) is 2. The van der Waals surface area contributed by atoms with Crippen LogP contribution in [0.4, 0.5) is 0 Å². The summed E-state index contributed by atoms with van der Waals surface area (Å²) in [6.07, 6.45) is 2.66. The number of H-pyrrole nitrogens is 1. The van der Waals surface area contributed by atoms with Crippen LogP contribution < -0.4 is 10.9 Å². The van der Waals surface area contributed by atoms with E-state index in [4.69, 9.17) is 11.6 Å². The molecule has 1 amide bonds. The predicted molar refractivity (Wildman–Crippen MR) is 119 cm³/mol. The van der Waals surface area contributed by atoms with Gasteiger partial charge in [0.25, 0.3) is 11.5 Å². The van der Waals surface area contributed by atoms with Gasteiger partial charge in [-0.2, -0.15) is 0 Å². The molecule has 0 aliphatic heterocycles. The van der Waals surface area contributed by atoms with E-state index in [0.29, 0.717) is 35.0 Å². The normalized spacial score (nSPS) is 16.3. The Morgan fingerprint density at radius 1 is 1.13 bits per heavy atom. The van der Waals surface area contributed by atoms with E-state index in [2.05, 4.69) is 24.1 Å². The third kappa shape index (κ3) is 5.20. The first-order valence-electron chi connectivity index (χ1n) is 10.4. The fraction of sp³-hybridized carbons (Fsp3) is 0.458. The van der Waals surface area contributed by atoms with Gasteiger partial charge in [0.2, 0.25) is 0 Å². The molecular weight excluding hydrogens is 400 g/mol. The molecule has 2 N–H and O–H groups in total. The Morgan fingerprint density at radius 3 is 2.43 bits per heavy atom. The number of halogens is 1. The Balaban J connectivity index is 1.88. The molecule has 1 aromatic carbocycles. The molecule has 0 radical (unpaired) electrons. The van der Waals surface area contributed by atoms with Gasteiger partial charge in [0, 0.05) is 22.7 Å². The number of carbonyl (C=O) groups excluding carboxylic acids is 2. The second-order valence-corrected chi connectivity index (χ2v) is 9.83. The van der Waals surface area contributed by atoms with Gasteiger partial charge in [0.1, 0.15) is 5.56 Å². The van der Waals surface area contributed by atoms with Gasteiger partial charge in [-0.15, -0.1) is 0 Å². The van der Waals surface area contributed by atoms with Crippen LogP contribution in [-0.4, -0.2) is 16.7 Å². The monoisotopic (exact) mass is 428 g/mol. The maximum absolute atomic E-state index is 13.0. The van der Waals surface area contributed by atoms with Crippen molar-refractivity contribution >= 4 is 23.3 Å². The number of aromatic amines is 1. The van der Waals surface area contributed by atoms with Crippen LogP contribution in [-0.2, 0) is 6.42 Å². The first-order chi connectivity index (χ1) is 14.1. The number of nitrogens with one attached hydrogen (secondary N) is 2. The molecule has 6 heteroatoms. The van der Waals surface area contributed by atoms with Crippen molar-refractivity contribution in [1.29, 1.82) is 0 Å². The van der Waals surface area contributed by atoms with Crippen molar-refractivity contribution in [3.63, 3.8) is 0 Å². The number of pyridine rings is 1. The second kappa shape index (κ2) is 8.76. The number of fused-ring (bicyclic) bond motifs is 1. The Hall–Kier alpha value is -2.40. The second-order valence-electron chi connectivity index (χ2n) is 9.39. The maximum Gasteiger partial charge on any atom is 0.261 e. The van der Waals surface area contributed by atoms with Gasteiger partial charge in [0.05, 0.1) is 6.04 Å². The van der Waals surface area contributed by atoms with Gasteiger partial charge in [-0.05, 0) is 54.4 Å². The number of rotatable bonds is 6. The van der Waals surface area contributed by atoms with Crippen molar-refractivity contribution < 1.29 is 9.59 Å². The zero-order valence-electron chi connectivity index (χ0n) is 18.0. The number of aromatic nitrogens is 1. The maximum atomic E-state index is 13.0. The summed E-state index contributed by atoms with van der Waals surface area (Å²) in [6, 6.07) is 8.56. The van der Waals surface area contributed by atoms with Gasteiger partial charge in [-0.25, -0.2) is 0 Å². The first kappa shape index (κ1) is 22.3. The highest BCUT2D eigenvalue weighted by Crippen LogP contribution is 2.33. The average Bonchev–Trinajstić information content (AvgIpc) is 2.64. The van der Waals surface area contributed by atoms with Crippen molar-refractivity contribution in [2.45, 2.75) is 59.4 Å². The molecule has 1 aliphatic carbocycles. The Morgan fingerprint density at radius 2 is 1.80 bits per heavy atom. The van der Waals surface area contributed by atoms with Crippen molar-refractivity contribution in [1.82, 2.24) is 10.3 Å². The van der Waals surface area contributed by atoms with E-state index in [1.165, 1.54) is 6.07 Å². The largest absolute Gasteiger partial charge is 0.345 e. The number of amides is 1. The molecule has 0 spiro atoms. The highest BCUT2D eigenvalue weighted by molar-refractivity contribution is 6.30. The lowest BCUT2D eigenvalue weighted by atomic mass is 9.75. The predicted octanol–water partition coefficient (Wildman–Crippen LogP) is 5.09. The minimum atomic E-state index is -0.472. The van der Waals surface area contributed by atoms with Crippen LogP contribution in [0.1, 0.15) is 85.0 Å². The van der Waals surface area contributed by atoms with E-state index in [9.17, 15) is 14.4 Å². The standard InChI is InChI=1S/C24H29ClN2O3/c1-14(2)5-10-19(15-6-8-16(25)9-7-15)26-22(29)18-11-17-20(27-23(18)30)12-24(3,4)13-21(17)28/h6-9,11,14,19H,5,10,12-13H2,1-4H3,(H,26,29)(H,27,30). The van der Waals surface area contributed by atoms with Crippen LogP contribution in [0.25, 0.3) is 0 Å². The highest BCUT2D eigenvalue weighted by Gasteiger charge is 2.33. The Kier molecular flexibility index (Phi) is 6.51. The number of ketones is 1. The molecule has 1 atom stereocenters. The van der Waals surface area contributed by atoms with E-state index < -0.39 is 11.5 Å². The van der Waals surface area contributed by atoms with Gasteiger partial charge in [-0.3, -0.25) is 14.4 Å². The van der Waals surface area contributed by atoms with E-state index >= 15 is 0 Å². The Bertz CT molecular complexity index is 1010. The van der Waals surface area contributed by atoms with E-state index in [1.54, 1.807) is 12.1 Å². The summed E-state index contributed by atoms with van der Waals surface area (Å²) in [5, 5.41) is 3.62. The summed E-state index contributed by atoms with van der Waals surface area (Å²) < 4.78 is 0. The molecule has 1 aliphatic rings. The molecule has 0 saturated heterocycles. The van der Waals surface area contributed by atoms with Gasteiger partial charge < -0.3 is 10.3 Å². The van der Waals surface area contributed by atoms with Crippen LogP contribution in [0.5, 0.6) is 0 Å². The number of Topliss-reactive ketones (excluding diaryl/α,β-unsaturated/α-hetero) is 1. The minimum absolute atomic E-state index is 0.0229. The van der Waals surface area contributed by atoms with Crippen LogP contribution in [0.15, 0.2) is 35.1 Å². The third-order valence-corrected chi connectivity index (χ3v) is 5.82. The molecule has 1 heterocycles. The zero-order chi connectivity index (χ0) is 22.1. The van der Waals surface area contributed by atoms with Crippen molar-refractivity contribution in [2.24, 2.45) is 11.3 Å². The average molecular weight is 429 g/mol. The molecule has 3 rings (SSSR count). The molecule has 1 aromatic heterocycles. The molecule has 0 saturated carbocycles. The van der Waals surface area contributed by atoms with Crippen molar-refractivity contribution in [3.8, 4) is 0 Å². The van der Waals surface area contributed by atoms with Crippen molar-refractivity contribution in [2.75, 3.05) is 0 Å².